The van der Waals surface area contributed by atoms with E-state index < -0.39 is 0 Å². The molecule has 2 aromatic heterocycles. The predicted octanol–water partition coefficient (Wildman–Crippen LogP) is 6.24. The van der Waals surface area contributed by atoms with Crippen LogP contribution in [0.15, 0.2) is 97.1 Å². The van der Waals surface area contributed by atoms with Crippen LogP contribution in [-0.4, -0.2) is 27.3 Å². The number of ether oxygens (including phenoxy) is 1. The van der Waals surface area contributed by atoms with Crippen LogP contribution in [-0.2, 0) is 26.3 Å². The molecular formula is C47H54Cl2FN3O2Rb2. The molecule has 0 spiro atoms. The summed E-state index contributed by atoms with van der Waals surface area (Å²) in [6, 6.07) is 36.4. The summed E-state index contributed by atoms with van der Waals surface area (Å²) in [5, 5.41) is 16.6. The smallest absolute Gasteiger partial charge is 0.488 e. The topological polar surface area (TPSA) is 51.4 Å². The van der Waals surface area contributed by atoms with Crippen LogP contribution in [0.1, 0.15) is 82.0 Å². The fraction of sp³-hybridized carbons (Fsp3) is 0.404. The van der Waals surface area contributed by atoms with Gasteiger partial charge in [0, 0.05) is 28.8 Å². The molecule has 57 heavy (non-hydrogen) atoms. The Kier molecular flexibility index (Phi) is 23.4. The van der Waals surface area contributed by atoms with Crippen LogP contribution in [0.2, 0.25) is 10.0 Å². The maximum atomic E-state index is 12.0. The molecule has 8 rings (SSSR count). The van der Waals surface area contributed by atoms with Crippen molar-refractivity contribution in [3.63, 3.8) is 0 Å². The van der Waals surface area contributed by atoms with Crippen molar-refractivity contribution < 1.29 is 131 Å². The number of hydrogen-bond donors (Lipinski definition) is 2. The Bertz CT molecular complexity index is 2000. The third kappa shape index (κ3) is 15.9. The Balaban J connectivity index is 0.000000211. The first-order valence-corrected chi connectivity index (χ1v) is 20.8. The molecule has 1 saturated heterocycles. The molecule has 1 aliphatic heterocycles. The van der Waals surface area contributed by atoms with E-state index in [0.717, 1.165) is 52.2 Å². The monoisotopic (exact) mass is 951 g/mol. The van der Waals surface area contributed by atoms with Crippen LogP contribution in [0.3, 0.4) is 0 Å². The first-order chi connectivity index (χ1) is 27.0. The fourth-order valence-electron chi connectivity index (χ4n) is 8.00. The Labute approximate surface area is 447 Å². The van der Waals surface area contributed by atoms with E-state index >= 15 is 0 Å². The molecular weight excluding hydrogens is 899 g/mol. The maximum absolute atomic E-state index is 12.0. The molecule has 1 saturated carbocycles. The molecule has 1 aliphatic carbocycles. The average Bonchev–Trinajstić information content (AvgIpc) is 3.77. The van der Waals surface area contributed by atoms with E-state index in [2.05, 4.69) is 56.9 Å². The van der Waals surface area contributed by atoms with Gasteiger partial charge in [0.25, 0.3) is 0 Å². The summed E-state index contributed by atoms with van der Waals surface area (Å²) in [4.78, 5) is 0. The molecule has 2 aliphatic rings. The molecule has 0 amide bonds. The van der Waals surface area contributed by atoms with E-state index in [0.29, 0.717) is 11.6 Å². The van der Waals surface area contributed by atoms with E-state index in [1.165, 1.54) is 125 Å². The molecule has 2 N–H and O–H groups in total. The second kappa shape index (κ2) is 27.0. The summed E-state index contributed by atoms with van der Waals surface area (Å²) in [7, 11) is 0. The summed E-state index contributed by atoms with van der Waals surface area (Å²) in [5.74, 6) is 2.40. The normalized spacial score (nSPS) is 14.5. The first kappa shape index (κ1) is 49.5. The molecule has 10 heteroatoms. The molecule has 3 heterocycles. The van der Waals surface area contributed by atoms with Crippen molar-refractivity contribution in [2.45, 2.75) is 96.9 Å². The van der Waals surface area contributed by atoms with Crippen molar-refractivity contribution in [1.29, 1.82) is 0 Å². The molecule has 0 unspecified atom stereocenters. The third-order valence-corrected chi connectivity index (χ3v) is 11.5. The van der Waals surface area contributed by atoms with Gasteiger partial charge in [0.1, 0.15) is 18.2 Å². The van der Waals surface area contributed by atoms with Crippen molar-refractivity contribution >= 4 is 45.0 Å². The zero-order chi connectivity index (χ0) is 38.2. The summed E-state index contributed by atoms with van der Waals surface area (Å²) in [6.07, 6.45) is 14.8. The van der Waals surface area contributed by atoms with Gasteiger partial charge in [-0.2, -0.15) is 0 Å². The van der Waals surface area contributed by atoms with Gasteiger partial charge >= 0.3 is 116 Å². The zero-order valence-corrected chi connectivity index (χ0v) is 45.1. The van der Waals surface area contributed by atoms with Gasteiger partial charge in [0.05, 0.1) is 6.61 Å². The fourth-order valence-corrected chi connectivity index (χ4v) is 8.25. The number of fused-ring (bicyclic) bond motifs is 2. The summed E-state index contributed by atoms with van der Waals surface area (Å²) >= 11 is 11.4. The SMILES string of the molecule is Clc1ccc(OCc2cc3[c-]cccc3n2CCCC2CCNCC2)cc1.Fc1ccc(Cl)cc1.OCc1cc2[c-]cccc2n1CCCC1CCCCC1.[Rb+].[Rb+]. The number of nitrogens with zero attached hydrogens (tertiary/aromatic N) is 2. The summed E-state index contributed by atoms with van der Waals surface area (Å²) < 4.78 is 22.7. The van der Waals surface area contributed by atoms with Gasteiger partial charge in [0.15, 0.2) is 0 Å². The molecule has 0 radical (unpaired) electrons. The number of aliphatic hydroxyl groups is 1. The second-order valence-corrected chi connectivity index (χ2v) is 15.7. The van der Waals surface area contributed by atoms with Gasteiger partial charge in [-0.15, -0.1) is 71.4 Å². The van der Waals surface area contributed by atoms with Gasteiger partial charge in [-0.3, -0.25) is 0 Å². The molecule has 4 aromatic carbocycles. The third-order valence-electron chi connectivity index (χ3n) is 11.0. The van der Waals surface area contributed by atoms with Crippen molar-refractivity contribution in [3.8, 4) is 5.75 Å². The maximum Gasteiger partial charge on any atom is 1.00 e. The van der Waals surface area contributed by atoms with Crippen molar-refractivity contribution in [1.82, 2.24) is 14.5 Å². The minimum absolute atomic E-state index is 0. The number of hydrogen-bond acceptors (Lipinski definition) is 3. The molecule has 2 fully saturated rings. The van der Waals surface area contributed by atoms with E-state index in [9.17, 15) is 9.50 Å². The van der Waals surface area contributed by atoms with Gasteiger partial charge in [-0.1, -0.05) is 55.3 Å². The zero-order valence-electron chi connectivity index (χ0n) is 33.8. The van der Waals surface area contributed by atoms with E-state index in [-0.39, 0.29) is 129 Å². The van der Waals surface area contributed by atoms with Gasteiger partial charge in [-0.25, -0.2) is 4.39 Å². The Morgan fingerprint density at radius 2 is 1.19 bits per heavy atom. The molecule has 5 nitrogen and oxygen atoms in total. The first-order valence-electron chi connectivity index (χ1n) is 20.1. The van der Waals surface area contributed by atoms with Crippen molar-refractivity contribution in [3.05, 3.63) is 136 Å². The predicted molar refractivity (Wildman–Crippen MR) is 225 cm³/mol. The second-order valence-electron chi connectivity index (χ2n) is 14.8. The van der Waals surface area contributed by atoms with Crippen LogP contribution in [0.4, 0.5) is 4.39 Å². The number of piperidine rings is 1. The number of nitrogens with one attached hydrogen (secondary N) is 1. The van der Waals surface area contributed by atoms with Crippen LogP contribution in [0.5, 0.6) is 5.75 Å². The molecule has 6 aromatic rings. The number of aryl methyl sites for hydroxylation is 2. The Morgan fingerprint density at radius 3 is 1.74 bits per heavy atom. The number of aromatic nitrogens is 2. The van der Waals surface area contributed by atoms with Crippen LogP contribution in [0, 0.1) is 29.8 Å². The number of rotatable bonds is 12. The quantitative estimate of drug-likeness (QED) is 0.143. The van der Waals surface area contributed by atoms with Gasteiger partial charge in [-0.05, 0) is 129 Å². The summed E-state index contributed by atoms with van der Waals surface area (Å²) in [6.45, 7) is 5.07. The average molecular weight is 954 g/mol. The minimum atomic E-state index is -0.255. The van der Waals surface area contributed by atoms with E-state index in [1.54, 1.807) is 0 Å². The molecule has 0 atom stereocenters. The van der Waals surface area contributed by atoms with Gasteiger partial charge in [0.2, 0.25) is 0 Å². The Hall–Kier alpha value is -0.200. The van der Waals surface area contributed by atoms with Crippen LogP contribution in [0.25, 0.3) is 21.8 Å². The molecule has 292 valence electrons. The largest absolute Gasteiger partial charge is 1.00 e. The number of benzene rings is 4. The molecule has 0 bridgehead atoms. The number of aliphatic hydroxyl groups excluding tert-OH is 1. The minimum Gasteiger partial charge on any atom is -0.488 e. The Morgan fingerprint density at radius 1 is 0.684 bits per heavy atom. The summed E-state index contributed by atoms with van der Waals surface area (Å²) in [5.41, 5.74) is 4.68. The van der Waals surface area contributed by atoms with E-state index in [1.807, 2.05) is 42.5 Å². The number of halogens is 3. The van der Waals surface area contributed by atoms with Gasteiger partial charge < -0.3 is 24.3 Å². The standard InChI is InChI=1S/C23H26ClN2O.C18H24NO.C6H4ClF.2Rb/c24-20-7-9-22(10-8-20)27-17-21-16-19-5-1-2-6-23(19)26(21)15-3-4-18-11-13-25-14-12-18;20-14-17-13-16-10-4-5-11-18(16)19(17)12-6-9-15-7-2-1-3-8-15;7-5-1-3-6(8)4-2-5;;/h1-2,6-10,16,18,25H,3-4,11-15,17H2;4-5,11,13,15,20H,1-3,6-9,12,14H2;1-4H;;/q2*-1;;2*+1. The van der Waals surface area contributed by atoms with E-state index in [4.69, 9.17) is 27.9 Å². The van der Waals surface area contributed by atoms with Crippen LogP contribution < -0.4 is 126 Å². The van der Waals surface area contributed by atoms with Crippen molar-refractivity contribution in [2.75, 3.05) is 13.1 Å². The van der Waals surface area contributed by atoms with Crippen LogP contribution >= 0.6 is 23.2 Å². The van der Waals surface area contributed by atoms with Crippen molar-refractivity contribution in [2.24, 2.45) is 11.8 Å².